The molecule has 0 aliphatic carbocycles. The number of benzene rings is 2. The van der Waals surface area contributed by atoms with Crippen molar-refractivity contribution in [3.63, 3.8) is 0 Å². The van der Waals surface area contributed by atoms with Crippen LogP contribution >= 0.6 is 35.0 Å². The average Bonchev–Trinajstić information content (AvgIpc) is 2.41. The maximum atomic E-state index is 9.81. The Morgan fingerprint density at radius 3 is 2.74 bits per heavy atom. The Hall–Kier alpha value is -1.16. The third kappa shape index (κ3) is 3.66. The van der Waals surface area contributed by atoms with E-state index < -0.39 is 0 Å². The number of aliphatic imine (C=N–C) groups is 1. The van der Waals surface area contributed by atoms with E-state index in [1.807, 2.05) is 30.5 Å². The highest BCUT2D eigenvalue weighted by molar-refractivity contribution is 7.98. The predicted molar refractivity (Wildman–Crippen MR) is 83.6 cm³/mol. The lowest BCUT2D eigenvalue weighted by atomic mass is 10.2. The molecule has 2 rings (SSSR count). The van der Waals surface area contributed by atoms with Crippen LogP contribution in [0, 0.1) is 0 Å². The van der Waals surface area contributed by atoms with Crippen molar-refractivity contribution in [1.29, 1.82) is 0 Å². The molecule has 0 aliphatic rings. The summed E-state index contributed by atoms with van der Waals surface area (Å²) in [5.41, 5.74) is 1.30. The number of nitrogens with zero attached hydrogens (tertiary/aromatic N) is 1. The first-order valence-electron chi connectivity index (χ1n) is 5.46. The van der Waals surface area contributed by atoms with E-state index >= 15 is 0 Å². The molecule has 0 atom stereocenters. The van der Waals surface area contributed by atoms with Crippen molar-refractivity contribution < 1.29 is 5.11 Å². The van der Waals surface area contributed by atoms with E-state index in [2.05, 4.69) is 4.99 Å². The number of thioether (sulfide) groups is 1. The van der Waals surface area contributed by atoms with Crippen LogP contribution in [0.25, 0.3) is 0 Å². The zero-order valence-electron chi connectivity index (χ0n) is 10.1. The number of halogens is 2. The Labute approximate surface area is 126 Å². The second-order valence-electron chi connectivity index (χ2n) is 3.79. The van der Waals surface area contributed by atoms with E-state index in [9.17, 15) is 5.11 Å². The van der Waals surface area contributed by atoms with Gasteiger partial charge in [0.1, 0.15) is 5.75 Å². The first kappa shape index (κ1) is 14.3. The molecule has 0 aliphatic heterocycles. The normalized spacial score (nSPS) is 11.1. The number of aromatic hydroxyl groups is 1. The molecule has 19 heavy (non-hydrogen) atoms. The summed E-state index contributed by atoms with van der Waals surface area (Å²) < 4.78 is 0. The van der Waals surface area contributed by atoms with Gasteiger partial charge in [-0.05, 0) is 36.6 Å². The van der Waals surface area contributed by atoms with Crippen molar-refractivity contribution in [2.75, 3.05) is 6.26 Å². The summed E-state index contributed by atoms with van der Waals surface area (Å²) in [5, 5.41) is 10.5. The number of phenols is 1. The Morgan fingerprint density at radius 1 is 1.21 bits per heavy atom. The van der Waals surface area contributed by atoms with E-state index in [1.165, 1.54) is 6.07 Å². The van der Waals surface area contributed by atoms with Gasteiger partial charge in [0.15, 0.2) is 0 Å². The number of hydrogen-bond acceptors (Lipinski definition) is 3. The molecular formula is C14H11Cl2NOS. The van der Waals surface area contributed by atoms with E-state index in [0.29, 0.717) is 10.6 Å². The number of rotatable bonds is 3. The highest BCUT2D eigenvalue weighted by Gasteiger charge is 2.05. The maximum absolute atomic E-state index is 9.81. The standard InChI is InChI=1S/C14H11Cl2NOS/c1-19-12-4-2-3-11(7-12)17-8-9-5-10(15)6-13(16)14(9)18/h2-8,18H,1H3. The maximum Gasteiger partial charge on any atom is 0.143 e. The topological polar surface area (TPSA) is 32.6 Å². The molecule has 2 nitrogen and oxygen atoms in total. The molecule has 0 heterocycles. The Bertz CT molecular complexity index is 629. The first-order valence-corrected chi connectivity index (χ1v) is 7.44. The van der Waals surface area contributed by atoms with E-state index in [-0.39, 0.29) is 10.8 Å². The van der Waals surface area contributed by atoms with Crippen molar-refractivity contribution in [3.8, 4) is 5.75 Å². The zero-order chi connectivity index (χ0) is 13.8. The molecule has 0 amide bonds. The molecule has 0 aromatic heterocycles. The minimum absolute atomic E-state index is 0.0177. The van der Waals surface area contributed by atoms with Gasteiger partial charge < -0.3 is 5.11 Å². The first-order chi connectivity index (χ1) is 9.10. The van der Waals surface area contributed by atoms with Crippen molar-refractivity contribution in [3.05, 3.63) is 52.0 Å². The van der Waals surface area contributed by atoms with Crippen LogP contribution in [-0.2, 0) is 0 Å². The SMILES string of the molecule is CSc1cccc(N=Cc2cc(Cl)cc(Cl)c2O)c1. The summed E-state index contributed by atoms with van der Waals surface area (Å²) in [4.78, 5) is 5.44. The minimum Gasteiger partial charge on any atom is -0.506 e. The number of phenolic OH excluding ortho intramolecular Hbond substituents is 1. The Morgan fingerprint density at radius 2 is 2.00 bits per heavy atom. The highest BCUT2D eigenvalue weighted by Crippen LogP contribution is 2.30. The fraction of sp³-hybridized carbons (Fsp3) is 0.0714. The predicted octanol–water partition coefficient (Wildman–Crippen LogP) is 5.17. The fourth-order valence-electron chi connectivity index (χ4n) is 1.52. The lowest BCUT2D eigenvalue weighted by molar-refractivity contribution is 0.475. The Kier molecular flexibility index (Phi) is 4.75. The third-order valence-electron chi connectivity index (χ3n) is 2.46. The molecule has 0 radical (unpaired) electrons. The molecule has 2 aromatic carbocycles. The van der Waals surface area contributed by atoms with Gasteiger partial charge in [-0.15, -0.1) is 11.8 Å². The van der Waals surface area contributed by atoms with E-state index in [0.717, 1.165) is 10.6 Å². The molecule has 98 valence electrons. The summed E-state index contributed by atoms with van der Waals surface area (Å²) in [6, 6.07) is 10.9. The monoisotopic (exact) mass is 311 g/mol. The van der Waals surface area contributed by atoms with Crippen LogP contribution in [0.2, 0.25) is 10.0 Å². The van der Waals surface area contributed by atoms with Crippen LogP contribution in [0.5, 0.6) is 5.75 Å². The molecule has 0 fully saturated rings. The molecule has 5 heteroatoms. The summed E-state index contributed by atoms with van der Waals surface area (Å²) >= 11 is 13.4. The molecule has 2 aromatic rings. The lowest BCUT2D eigenvalue weighted by Crippen LogP contribution is -1.84. The largest absolute Gasteiger partial charge is 0.506 e. The third-order valence-corrected chi connectivity index (χ3v) is 3.70. The van der Waals surface area contributed by atoms with Crippen LogP contribution in [-0.4, -0.2) is 17.6 Å². The molecular weight excluding hydrogens is 301 g/mol. The van der Waals surface area contributed by atoms with Crippen LogP contribution < -0.4 is 0 Å². The van der Waals surface area contributed by atoms with Crippen LogP contribution in [0.1, 0.15) is 5.56 Å². The highest BCUT2D eigenvalue weighted by atomic mass is 35.5. The zero-order valence-corrected chi connectivity index (χ0v) is 12.4. The fourth-order valence-corrected chi connectivity index (χ4v) is 2.48. The quantitative estimate of drug-likeness (QED) is 0.626. The molecule has 0 saturated carbocycles. The molecule has 0 bridgehead atoms. The van der Waals surface area contributed by atoms with E-state index in [1.54, 1.807) is 24.0 Å². The molecule has 1 N–H and O–H groups in total. The van der Waals surface area contributed by atoms with E-state index in [4.69, 9.17) is 23.2 Å². The van der Waals surface area contributed by atoms with Gasteiger partial charge in [0.05, 0.1) is 10.7 Å². The van der Waals surface area contributed by atoms with Crippen molar-refractivity contribution in [2.24, 2.45) is 4.99 Å². The molecule has 0 saturated heterocycles. The van der Waals surface area contributed by atoms with Gasteiger partial charge >= 0.3 is 0 Å². The summed E-state index contributed by atoms with van der Waals surface area (Å²) in [6.07, 6.45) is 3.55. The summed E-state index contributed by atoms with van der Waals surface area (Å²) in [5.74, 6) is -0.0177. The second kappa shape index (κ2) is 6.33. The van der Waals surface area contributed by atoms with Crippen molar-refractivity contribution in [1.82, 2.24) is 0 Å². The molecule has 0 unspecified atom stereocenters. The van der Waals surface area contributed by atoms with Crippen LogP contribution in [0.15, 0.2) is 46.3 Å². The van der Waals surface area contributed by atoms with Crippen molar-refractivity contribution >= 4 is 46.9 Å². The van der Waals surface area contributed by atoms with Gasteiger partial charge in [0.2, 0.25) is 0 Å². The van der Waals surface area contributed by atoms with Gasteiger partial charge in [0, 0.05) is 21.7 Å². The van der Waals surface area contributed by atoms with Crippen LogP contribution in [0.3, 0.4) is 0 Å². The Balaban J connectivity index is 2.32. The molecule has 0 spiro atoms. The van der Waals surface area contributed by atoms with Gasteiger partial charge in [-0.1, -0.05) is 29.3 Å². The summed E-state index contributed by atoms with van der Waals surface area (Å²) in [6.45, 7) is 0. The second-order valence-corrected chi connectivity index (χ2v) is 5.51. The summed E-state index contributed by atoms with van der Waals surface area (Å²) in [7, 11) is 0. The van der Waals surface area contributed by atoms with Crippen molar-refractivity contribution in [2.45, 2.75) is 4.90 Å². The average molecular weight is 312 g/mol. The smallest absolute Gasteiger partial charge is 0.143 e. The minimum atomic E-state index is -0.0177. The lowest BCUT2D eigenvalue weighted by Gasteiger charge is -2.02. The number of hydrogen-bond donors (Lipinski definition) is 1. The van der Waals surface area contributed by atoms with Gasteiger partial charge in [0.25, 0.3) is 0 Å². The van der Waals surface area contributed by atoms with Gasteiger partial charge in [-0.2, -0.15) is 0 Å². The van der Waals surface area contributed by atoms with Gasteiger partial charge in [-0.25, -0.2) is 0 Å². The van der Waals surface area contributed by atoms with Crippen LogP contribution in [0.4, 0.5) is 5.69 Å². The van der Waals surface area contributed by atoms with Gasteiger partial charge in [-0.3, -0.25) is 4.99 Å².